The van der Waals surface area contributed by atoms with E-state index in [2.05, 4.69) is 17.9 Å². The number of carboxylic acid groups (broad SMARTS) is 1. The summed E-state index contributed by atoms with van der Waals surface area (Å²) < 4.78 is 0. The molecule has 2 N–H and O–H groups in total. The predicted molar refractivity (Wildman–Crippen MR) is 108 cm³/mol. The van der Waals surface area contributed by atoms with Crippen LogP contribution in [0.2, 0.25) is 0 Å². The maximum Gasteiger partial charge on any atom is 0.375 e. The van der Waals surface area contributed by atoms with Crippen LogP contribution in [0.15, 0.2) is 60.4 Å². The standard InChI is InChI=1S/C22H34O4/c1-2-3-4-5-6-7-8-9-10-11-12-13-14-15-16-17-18-19-20-21(26-25)22(23)24/h12-20,25H,2-11H2,1H3,(H,23,24)/b13-12+,15-14+,17-16+,19-18+,21-20-. The highest BCUT2D eigenvalue weighted by Crippen LogP contribution is 2.10. The highest BCUT2D eigenvalue weighted by Gasteiger charge is 2.05. The zero-order valence-corrected chi connectivity index (χ0v) is 16.0. The minimum absolute atomic E-state index is 0.524. The van der Waals surface area contributed by atoms with Crippen molar-refractivity contribution in [3.05, 3.63) is 60.4 Å². The first kappa shape index (κ1) is 23.9. The second-order valence-corrected chi connectivity index (χ2v) is 6.13. The van der Waals surface area contributed by atoms with Crippen LogP contribution in [0.4, 0.5) is 0 Å². The molecule has 0 aliphatic carbocycles. The van der Waals surface area contributed by atoms with Gasteiger partial charge in [0.2, 0.25) is 5.76 Å². The molecule has 0 rings (SSSR count). The molecule has 146 valence electrons. The third kappa shape index (κ3) is 16.8. The van der Waals surface area contributed by atoms with Crippen LogP contribution in [0.25, 0.3) is 0 Å². The molecule has 4 nitrogen and oxygen atoms in total. The molecular weight excluding hydrogens is 328 g/mol. The quantitative estimate of drug-likeness (QED) is 0.0811. The number of unbranched alkanes of at least 4 members (excludes halogenated alkanes) is 9. The molecular formula is C22H34O4. The Bertz CT molecular complexity index is 484. The largest absolute Gasteiger partial charge is 0.475 e. The van der Waals surface area contributed by atoms with Gasteiger partial charge in [0.25, 0.3) is 0 Å². The molecule has 0 heterocycles. The van der Waals surface area contributed by atoms with Crippen LogP contribution in [0.1, 0.15) is 71.1 Å². The summed E-state index contributed by atoms with van der Waals surface area (Å²) in [5.41, 5.74) is 0. The Morgan fingerprint density at radius 3 is 1.81 bits per heavy atom. The second kappa shape index (κ2) is 19.3. The summed E-state index contributed by atoms with van der Waals surface area (Å²) in [4.78, 5) is 14.2. The Morgan fingerprint density at radius 2 is 1.27 bits per heavy atom. The third-order valence-corrected chi connectivity index (χ3v) is 3.83. The summed E-state index contributed by atoms with van der Waals surface area (Å²) in [5.74, 6) is -1.84. The van der Waals surface area contributed by atoms with Crippen molar-refractivity contribution in [3.63, 3.8) is 0 Å². The van der Waals surface area contributed by atoms with Gasteiger partial charge >= 0.3 is 5.97 Å². The van der Waals surface area contributed by atoms with Gasteiger partial charge in [-0.25, -0.2) is 10.1 Å². The molecule has 4 heteroatoms. The van der Waals surface area contributed by atoms with Crippen molar-refractivity contribution in [3.8, 4) is 0 Å². The SMILES string of the molecule is CCCCCCCCCCC/C=C/C=C/C=C/C=C/C=C(\OO)C(=O)O. The molecule has 0 atom stereocenters. The van der Waals surface area contributed by atoms with Gasteiger partial charge in [0.05, 0.1) is 0 Å². The average molecular weight is 363 g/mol. The molecule has 0 spiro atoms. The van der Waals surface area contributed by atoms with Gasteiger partial charge in [-0.05, 0) is 18.9 Å². The molecule has 0 fully saturated rings. The number of allylic oxidation sites excluding steroid dienone is 9. The Labute approximate surface area is 158 Å². The second-order valence-electron chi connectivity index (χ2n) is 6.13. The van der Waals surface area contributed by atoms with E-state index in [1.165, 1.54) is 69.9 Å². The van der Waals surface area contributed by atoms with E-state index in [-0.39, 0.29) is 0 Å². The number of rotatable bonds is 16. The molecule has 0 aromatic carbocycles. The summed E-state index contributed by atoms with van der Waals surface area (Å²) in [7, 11) is 0. The van der Waals surface area contributed by atoms with Gasteiger partial charge in [0, 0.05) is 0 Å². The summed E-state index contributed by atoms with van der Waals surface area (Å²) >= 11 is 0. The average Bonchev–Trinajstić information content (AvgIpc) is 2.63. The number of carbonyl (C=O) groups is 1. The number of hydrogen-bond acceptors (Lipinski definition) is 3. The fourth-order valence-corrected chi connectivity index (χ4v) is 2.35. The first-order valence-corrected chi connectivity index (χ1v) is 9.64. The summed E-state index contributed by atoms with van der Waals surface area (Å²) in [6.45, 7) is 2.25. The van der Waals surface area contributed by atoms with Gasteiger partial charge in [0.1, 0.15) is 0 Å². The van der Waals surface area contributed by atoms with E-state index in [1.54, 1.807) is 12.2 Å². The first-order valence-electron chi connectivity index (χ1n) is 9.64. The van der Waals surface area contributed by atoms with E-state index in [0.29, 0.717) is 0 Å². The lowest BCUT2D eigenvalue weighted by atomic mass is 10.1. The lowest BCUT2D eigenvalue weighted by molar-refractivity contribution is -0.210. The zero-order chi connectivity index (χ0) is 19.3. The fourth-order valence-electron chi connectivity index (χ4n) is 2.35. The number of carboxylic acids is 1. The van der Waals surface area contributed by atoms with Crippen LogP contribution >= 0.6 is 0 Å². The van der Waals surface area contributed by atoms with Crippen molar-refractivity contribution < 1.29 is 20.0 Å². The van der Waals surface area contributed by atoms with Crippen LogP contribution in [-0.4, -0.2) is 16.3 Å². The lowest BCUT2D eigenvalue weighted by Crippen LogP contribution is -2.01. The van der Waals surface area contributed by atoms with Crippen LogP contribution in [0.5, 0.6) is 0 Å². The summed E-state index contributed by atoms with van der Waals surface area (Å²) in [5, 5.41) is 16.9. The van der Waals surface area contributed by atoms with Crippen molar-refractivity contribution in [2.45, 2.75) is 71.1 Å². The molecule has 0 saturated carbocycles. The maximum absolute atomic E-state index is 10.5. The normalized spacial score (nSPS) is 12.9. The van der Waals surface area contributed by atoms with Crippen LogP contribution in [0, 0.1) is 0 Å². The molecule has 0 aromatic heterocycles. The van der Waals surface area contributed by atoms with E-state index in [9.17, 15) is 4.79 Å². The molecule has 0 aliphatic heterocycles. The Balaban J connectivity index is 3.63. The zero-order valence-electron chi connectivity index (χ0n) is 16.0. The maximum atomic E-state index is 10.5. The first-order chi connectivity index (χ1) is 12.7. The van der Waals surface area contributed by atoms with E-state index in [4.69, 9.17) is 10.4 Å². The Morgan fingerprint density at radius 1 is 0.769 bits per heavy atom. The van der Waals surface area contributed by atoms with Crippen LogP contribution < -0.4 is 0 Å². The van der Waals surface area contributed by atoms with Crippen molar-refractivity contribution >= 4 is 5.97 Å². The van der Waals surface area contributed by atoms with Gasteiger partial charge in [-0.2, -0.15) is 0 Å². The Kier molecular flexibility index (Phi) is 17.7. The molecule has 0 unspecified atom stereocenters. The summed E-state index contributed by atoms with van der Waals surface area (Å²) in [6, 6.07) is 0. The summed E-state index contributed by atoms with van der Waals surface area (Å²) in [6.07, 6.45) is 29.3. The minimum atomic E-state index is -1.32. The third-order valence-electron chi connectivity index (χ3n) is 3.83. The van der Waals surface area contributed by atoms with Crippen LogP contribution in [-0.2, 0) is 9.68 Å². The molecule has 0 saturated heterocycles. The Hall–Kier alpha value is -2.07. The molecule has 26 heavy (non-hydrogen) atoms. The number of hydrogen-bond donors (Lipinski definition) is 2. The van der Waals surface area contributed by atoms with Gasteiger partial charge in [0.15, 0.2) is 0 Å². The monoisotopic (exact) mass is 362 g/mol. The van der Waals surface area contributed by atoms with E-state index >= 15 is 0 Å². The molecule has 0 radical (unpaired) electrons. The topological polar surface area (TPSA) is 66.8 Å². The van der Waals surface area contributed by atoms with E-state index < -0.39 is 11.7 Å². The molecule has 0 aromatic rings. The lowest BCUT2D eigenvalue weighted by Gasteiger charge is -2.00. The van der Waals surface area contributed by atoms with Crippen molar-refractivity contribution in [2.75, 3.05) is 0 Å². The smallest absolute Gasteiger partial charge is 0.375 e. The van der Waals surface area contributed by atoms with Gasteiger partial charge in [-0.1, -0.05) is 107 Å². The van der Waals surface area contributed by atoms with Gasteiger partial charge in [-0.15, -0.1) is 0 Å². The van der Waals surface area contributed by atoms with Crippen molar-refractivity contribution in [1.82, 2.24) is 0 Å². The van der Waals surface area contributed by atoms with Crippen LogP contribution in [0.3, 0.4) is 0 Å². The highest BCUT2D eigenvalue weighted by atomic mass is 17.1. The van der Waals surface area contributed by atoms with Gasteiger partial charge < -0.3 is 9.99 Å². The van der Waals surface area contributed by atoms with Gasteiger partial charge in [-0.3, -0.25) is 0 Å². The minimum Gasteiger partial charge on any atom is -0.475 e. The fraction of sp³-hybridized carbons (Fsp3) is 0.500. The molecule has 0 bridgehead atoms. The number of aliphatic carboxylic acids is 1. The van der Waals surface area contributed by atoms with E-state index in [1.807, 2.05) is 24.3 Å². The van der Waals surface area contributed by atoms with E-state index in [0.717, 1.165) is 6.42 Å². The van der Waals surface area contributed by atoms with Crippen molar-refractivity contribution in [2.24, 2.45) is 0 Å². The predicted octanol–water partition coefficient (Wildman–Crippen LogP) is 6.59. The highest BCUT2D eigenvalue weighted by molar-refractivity contribution is 5.84. The van der Waals surface area contributed by atoms with Crippen molar-refractivity contribution in [1.29, 1.82) is 0 Å². The molecule has 0 aliphatic rings. The molecule has 0 amide bonds.